The van der Waals surface area contributed by atoms with Gasteiger partial charge in [0, 0.05) is 17.9 Å². The predicted octanol–water partition coefficient (Wildman–Crippen LogP) is 1.99. The van der Waals surface area contributed by atoms with E-state index in [1.807, 2.05) is 13.0 Å². The van der Waals surface area contributed by atoms with Crippen LogP contribution in [0.5, 0.6) is 0 Å². The van der Waals surface area contributed by atoms with E-state index in [1.165, 1.54) is 7.11 Å². The number of ether oxygens (including phenoxy) is 3. The highest BCUT2D eigenvalue weighted by Crippen LogP contribution is 2.48. The van der Waals surface area contributed by atoms with Crippen molar-refractivity contribution < 1.29 is 23.8 Å². The molecular weight excluding hydrogens is 272 g/mol. The highest BCUT2D eigenvalue weighted by molar-refractivity contribution is 5.88. The van der Waals surface area contributed by atoms with E-state index in [-0.39, 0.29) is 41.6 Å². The van der Waals surface area contributed by atoms with Crippen molar-refractivity contribution in [2.24, 2.45) is 11.8 Å². The Morgan fingerprint density at radius 1 is 1.48 bits per heavy atom. The Morgan fingerprint density at radius 2 is 2.24 bits per heavy atom. The molecule has 2 fully saturated rings. The number of methoxy groups -OCH3 is 1. The Labute approximate surface area is 124 Å². The van der Waals surface area contributed by atoms with Gasteiger partial charge < -0.3 is 14.2 Å². The second kappa shape index (κ2) is 5.13. The van der Waals surface area contributed by atoms with Crippen LogP contribution in [0, 0.1) is 11.8 Å². The number of carbonyl (C=O) groups is 2. The molecule has 0 bridgehead atoms. The minimum Gasteiger partial charge on any atom is -0.466 e. The van der Waals surface area contributed by atoms with E-state index in [2.05, 4.69) is 6.92 Å². The summed E-state index contributed by atoms with van der Waals surface area (Å²) in [7, 11) is 1.40. The van der Waals surface area contributed by atoms with Crippen molar-refractivity contribution in [3.05, 3.63) is 11.6 Å². The van der Waals surface area contributed by atoms with Gasteiger partial charge in [-0.25, -0.2) is 4.79 Å². The number of fused-ring (bicyclic) bond motifs is 2. The number of hydrogen-bond acceptors (Lipinski definition) is 5. The molecule has 21 heavy (non-hydrogen) atoms. The lowest BCUT2D eigenvalue weighted by atomic mass is 9.82. The van der Waals surface area contributed by atoms with Crippen LogP contribution in [0.1, 0.15) is 39.5 Å². The fourth-order valence-electron chi connectivity index (χ4n) is 3.61. The van der Waals surface area contributed by atoms with E-state index in [0.717, 1.165) is 12.8 Å². The zero-order chi connectivity index (χ0) is 15.2. The molecule has 5 nitrogen and oxygen atoms in total. The van der Waals surface area contributed by atoms with E-state index in [9.17, 15) is 9.59 Å². The summed E-state index contributed by atoms with van der Waals surface area (Å²) in [5.74, 6) is -0.451. The topological polar surface area (TPSA) is 65.1 Å². The molecule has 2 saturated heterocycles. The Bertz CT molecular complexity index is 497. The molecule has 0 aromatic rings. The van der Waals surface area contributed by atoms with Crippen molar-refractivity contribution >= 4 is 11.9 Å². The van der Waals surface area contributed by atoms with Gasteiger partial charge in [-0.2, -0.15) is 0 Å². The lowest BCUT2D eigenvalue weighted by Crippen LogP contribution is -2.27. The summed E-state index contributed by atoms with van der Waals surface area (Å²) in [4.78, 5) is 23.7. The van der Waals surface area contributed by atoms with E-state index in [0.29, 0.717) is 18.4 Å². The predicted molar refractivity (Wildman–Crippen MR) is 74.4 cm³/mol. The van der Waals surface area contributed by atoms with Crippen LogP contribution in [0.3, 0.4) is 0 Å². The summed E-state index contributed by atoms with van der Waals surface area (Å²) >= 11 is 0. The van der Waals surface area contributed by atoms with E-state index in [1.54, 1.807) is 0 Å². The van der Waals surface area contributed by atoms with Crippen molar-refractivity contribution in [1.29, 1.82) is 0 Å². The largest absolute Gasteiger partial charge is 0.466 e. The number of hydrogen-bond donors (Lipinski definition) is 0. The maximum absolute atomic E-state index is 11.9. The van der Waals surface area contributed by atoms with Crippen LogP contribution in [0.15, 0.2) is 11.6 Å². The van der Waals surface area contributed by atoms with Crippen LogP contribution in [0.4, 0.5) is 0 Å². The molecule has 3 aliphatic rings. The normalized spacial score (nSPS) is 44.7. The summed E-state index contributed by atoms with van der Waals surface area (Å²) in [6.45, 7) is 3.96. The molecule has 2 aliphatic heterocycles. The SMILES string of the molecule is COC(=O)/C1=C/C[C@H]2[C@H](C[C@@]3(C)O[C@H]3CC1)OC(=O)[C@@H]2C. The Kier molecular flexibility index (Phi) is 3.56. The molecule has 0 spiro atoms. The van der Waals surface area contributed by atoms with Crippen LogP contribution in [-0.2, 0) is 23.8 Å². The summed E-state index contributed by atoms with van der Waals surface area (Å²) in [6.07, 6.45) is 4.83. The van der Waals surface area contributed by atoms with Gasteiger partial charge in [-0.3, -0.25) is 4.79 Å². The first-order valence-electron chi connectivity index (χ1n) is 7.60. The molecule has 0 radical (unpaired) electrons. The van der Waals surface area contributed by atoms with Crippen molar-refractivity contribution in [3.63, 3.8) is 0 Å². The first kappa shape index (κ1) is 14.6. The fourth-order valence-corrected chi connectivity index (χ4v) is 3.61. The number of allylic oxidation sites excluding steroid dienone is 1. The lowest BCUT2D eigenvalue weighted by Gasteiger charge is -2.21. The van der Waals surface area contributed by atoms with Crippen LogP contribution in [0.2, 0.25) is 0 Å². The average Bonchev–Trinajstić information content (AvgIpc) is 3.02. The van der Waals surface area contributed by atoms with Crippen LogP contribution in [-0.4, -0.2) is 36.9 Å². The molecule has 1 aliphatic carbocycles. The minimum absolute atomic E-state index is 0.108. The molecular formula is C16H22O5. The number of esters is 2. The van der Waals surface area contributed by atoms with Gasteiger partial charge in [-0.05, 0) is 26.2 Å². The van der Waals surface area contributed by atoms with Crippen LogP contribution < -0.4 is 0 Å². The molecule has 2 heterocycles. The lowest BCUT2D eigenvalue weighted by molar-refractivity contribution is -0.144. The molecule has 0 unspecified atom stereocenters. The van der Waals surface area contributed by atoms with Gasteiger partial charge in [0.25, 0.3) is 0 Å². The summed E-state index contributed by atoms with van der Waals surface area (Å²) < 4.78 is 16.2. The van der Waals surface area contributed by atoms with Gasteiger partial charge >= 0.3 is 11.9 Å². The van der Waals surface area contributed by atoms with Crippen molar-refractivity contribution in [2.75, 3.05) is 7.11 Å². The summed E-state index contributed by atoms with van der Waals surface area (Å²) in [5.41, 5.74) is 0.466. The molecule has 5 atom stereocenters. The standard InChI is InChI=1S/C16H22O5/c1-9-11-6-4-10(15(18)19-3)5-7-13-16(2,21-13)8-12(11)20-14(9)17/h4,9,11-13H,5-8H2,1-3H3/b10-4+/t9-,11-,12+,13+,16-/m1/s1. The van der Waals surface area contributed by atoms with Crippen LogP contribution >= 0.6 is 0 Å². The average molecular weight is 294 g/mol. The number of rotatable bonds is 1. The zero-order valence-corrected chi connectivity index (χ0v) is 12.8. The van der Waals surface area contributed by atoms with Crippen molar-refractivity contribution in [1.82, 2.24) is 0 Å². The van der Waals surface area contributed by atoms with Gasteiger partial charge in [0.2, 0.25) is 0 Å². The van der Waals surface area contributed by atoms with Crippen molar-refractivity contribution in [2.45, 2.75) is 57.3 Å². The maximum atomic E-state index is 11.9. The molecule has 0 amide bonds. The van der Waals surface area contributed by atoms with Gasteiger partial charge in [-0.15, -0.1) is 0 Å². The molecule has 3 rings (SSSR count). The monoisotopic (exact) mass is 294 g/mol. The highest BCUT2D eigenvalue weighted by Gasteiger charge is 2.56. The Hall–Kier alpha value is -1.36. The third-order valence-electron chi connectivity index (χ3n) is 5.16. The first-order valence-corrected chi connectivity index (χ1v) is 7.60. The first-order chi connectivity index (χ1) is 9.94. The smallest absolute Gasteiger partial charge is 0.333 e. The van der Waals surface area contributed by atoms with Crippen molar-refractivity contribution in [3.8, 4) is 0 Å². The molecule has 0 N–H and O–H groups in total. The summed E-state index contributed by atoms with van der Waals surface area (Å²) in [5, 5.41) is 0. The number of epoxide rings is 1. The van der Waals surface area contributed by atoms with E-state index >= 15 is 0 Å². The van der Waals surface area contributed by atoms with Crippen LogP contribution in [0.25, 0.3) is 0 Å². The van der Waals surface area contributed by atoms with E-state index < -0.39 is 0 Å². The molecule has 0 aromatic heterocycles. The quantitative estimate of drug-likeness (QED) is 0.546. The van der Waals surface area contributed by atoms with Gasteiger partial charge in [0.15, 0.2) is 0 Å². The molecule has 5 heteroatoms. The third kappa shape index (κ3) is 2.59. The molecule has 0 saturated carbocycles. The Morgan fingerprint density at radius 3 is 2.95 bits per heavy atom. The summed E-state index contributed by atoms with van der Waals surface area (Å²) in [6, 6.07) is 0. The van der Waals surface area contributed by atoms with Gasteiger partial charge in [-0.1, -0.05) is 13.0 Å². The zero-order valence-electron chi connectivity index (χ0n) is 12.8. The second-order valence-corrected chi connectivity index (χ2v) is 6.55. The fraction of sp³-hybridized carbons (Fsp3) is 0.750. The highest BCUT2D eigenvalue weighted by atomic mass is 16.6. The third-order valence-corrected chi connectivity index (χ3v) is 5.16. The van der Waals surface area contributed by atoms with Gasteiger partial charge in [0.1, 0.15) is 6.10 Å². The Balaban J connectivity index is 1.86. The minimum atomic E-state index is -0.285. The van der Waals surface area contributed by atoms with Gasteiger partial charge in [0.05, 0.1) is 24.7 Å². The molecule has 116 valence electrons. The second-order valence-electron chi connectivity index (χ2n) is 6.55. The van der Waals surface area contributed by atoms with E-state index in [4.69, 9.17) is 14.2 Å². The molecule has 0 aromatic carbocycles. The number of carbonyl (C=O) groups excluding carboxylic acids is 2. The maximum Gasteiger partial charge on any atom is 0.333 e.